The van der Waals surface area contributed by atoms with Crippen molar-refractivity contribution in [2.75, 3.05) is 13.7 Å². The van der Waals surface area contributed by atoms with Crippen molar-refractivity contribution < 1.29 is 19.4 Å². The number of carbonyl (C=O) groups excluding carboxylic acids is 1. The van der Waals surface area contributed by atoms with Gasteiger partial charge >= 0.3 is 5.97 Å². The molecule has 0 aromatic heterocycles. The summed E-state index contributed by atoms with van der Waals surface area (Å²) in [6.07, 6.45) is -0.994. The van der Waals surface area contributed by atoms with E-state index in [1.807, 2.05) is 22.6 Å². The summed E-state index contributed by atoms with van der Waals surface area (Å²) in [5.41, 5.74) is 0.842. The van der Waals surface area contributed by atoms with Gasteiger partial charge in [-0.25, -0.2) is 4.79 Å². The molecule has 0 heterocycles. The quantitative estimate of drug-likeness (QED) is 0.497. The van der Waals surface area contributed by atoms with Crippen LogP contribution >= 0.6 is 22.6 Å². The van der Waals surface area contributed by atoms with E-state index in [1.165, 1.54) is 4.08 Å². The number of aliphatic hydroxyl groups is 1. The number of methoxy groups -OCH3 is 1. The van der Waals surface area contributed by atoms with Gasteiger partial charge in [0, 0.05) is 0 Å². The van der Waals surface area contributed by atoms with Crippen molar-refractivity contribution in [3.63, 3.8) is 0 Å². The van der Waals surface area contributed by atoms with E-state index in [2.05, 4.69) is 0 Å². The summed E-state index contributed by atoms with van der Waals surface area (Å²) in [5, 5.41) is 10.1. The van der Waals surface area contributed by atoms with Crippen LogP contribution in [0.1, 0.15) is 18.6 Å². The molecule has 0 aliphatic carbocycles. The van der Waals surface area contributed by atoms with E-state index in [1.54, 1.807) is 38.3 Å². The summed E-state index contributed by atoms with van der Waals surface area (Å²) >= 11 is 1.91. The van der Waals surface area contributed by atoms with Crippen molar-refractivity contribution in [1.82, 2.24) is 0 Å². The van der Waals surface area contributed by atoms with Crippen molar-refractivity contribution in [2.24, 2.45) is 0 Å². The van der Waals surface area contributed by atoms with Crippen LogP contribution in [0.15, 0.2) is 33.9 Å². The average molecular weight is 362 g/mol. The number of hydrogen-bond donors (Lipinski definition) is 1. The van der Waals surface area contributed by atoms with Crippen LogP contribution in [0.4, 0.5) is 0 Å². The van der Waals surface area contributed by atoms with E-state index < -0.39 is 12.1 Å². The van der Waals surface area contributed by atoms with Gasteiger partial charge in [0.2, 0.25) is 0 Å². The van der Waals surface area contributed by atoms with Crippen LogP contribution in [-0.2, 0) is 9.53 Å². The zero-order valence-electron chi connectivity index (χ0n) is 10.2. The number of aliphatic hydroxyl groups excluding tert-OH is 1. The second-order valence-electron chi connectivity index (χ2n) is 3.46. The largest absolute Gasteiger partial charge is 0.497 e. The number of esters is 1. The Morgan fingerprint density at radius 3 is 2.50 bits per heavy atom. The van der Waals surface area contributed by atoms with Gasteiger partial charge in [0.05, 0.1) is 19.3 Å². The molecule has 0 fully saturated rings. The summed E-state index contributed by atoms with van der Waals surface area (Å²) < 4.78 is 11.5. The molecule has 5 heteroatoms. The minimum Gasteiger partial charge on any atom is -0.497 e. The lowest BCUT2D eigenvalue weighted by atomic mass is 10.0. The molecule has 1 aromatic rings. The Morgan fingerprint density at radius 2 is 2.06 bits per heavy atom. The molecule has 0 aliphatic rings. The van der Waals surface area contributed by atoms with Crippen LogP contribution in [0.25, 0.3) is 0 Å². The fraction of sp³-hybridized carbons (Fsp3) is 0.308. The van der Waals surface area contributed by atoms with Gasteiger partial charge in [-0.2, -0.15) is 0 Å². The summed E-state index contributed by atoms with van der Waals surface area (Å²) in [5.74, 6) is 0.192. The van der Waals surface area contributed by atoms with Gasteiger partial charge in [-0.15, -0.1) is 0 Å². The Labute approximate surface area is 120 Å². The van der Waals surface area contributed by atoms with Gasteiger partial charge in [0.25, 0.3) is 0 Å². The molecular weight excluding hydrogens is 347 g/mol. The van der Waals surface area contributed by atoms with Crippen LogP contribution in [0.5, 0.6) is 5.75 Å². The Balaban J connectivity index is 2.89. The molecule has 0 bridgehead atoms. The smallest absolute Gasteiger partial charge is 0.337 e. The molecule has 18 heavy (non-hydrogen) atoms. The Hall–Kier alpha value is -1.08. The van der Waals surface area contributed by atoms with Gasteiger partial charge in [-0.05, 0) is 28.7 Å². The lowest BCUT2D eigenvalue weighted by molar-refractivity contribution is -0.139. The van der Waals surface area contributed by atoms with Crippen LogP contribution in [0.3, 0.4) is 0 Å². The monoisotopic (exact) mass is 362 g/mol. The number of ether oxygens (including phenoxy) is 2. The number of carbonyl (C=O) groups is 1. The predicted molar refractivity (Wildman–Crippen MR) is 76.7 cm³/mol. The molecule has 0 aliphatic heterocycles. The van der Waals surface area contributed by atoms with Gasteiger partial charge in [0.1, 0.15) is 11.9 Å². The zero-order chi connectivity index (χ0) is 13.5. The highest BCUT2D eigenvalue weighted by atomic mass is 127. The number of halogens is 1. The van der Waals surface area contributed by atoms with E-state index in [4.69, 9.17) is 9.47 Å². The Kier molecular flexibility index (Phi) is 6.14. The molecule has 98 valence electrons. The third-order valence-electron chi connectivity index (χ3n) is 2.35. The van der Waals surface area contributed by atoms with Gasteiger partial charge < -0.3 is 14.6 Å². The van der Waals surface area contributed by atoms with Crippen molar-refractivity contribution in [3.05, 3.63) is 39.5 Å². The first-order valence-electron chi connectivity index (χ1n) is 5.43. The number of hydrogen-bond acceptors (Lipinski definition) is 4. The average Bonchev–Trinajstić information content (AvgIpc) is 2.40. The van der Waals surface area contributed by atoms with Crippen molar-refractivity contribution in [2.45, 2.75) is 13.0 Å². The highest BCUT2D eigenvalue weighted by Crippen LogP contribution is 2.25. The molecule has 0 saturated carbocycles. The fourth-order valence-electron chi connectivity index (χ4n) is 1.40. The van der Waals surface area contributed by atoms with Crippen LogP contribution < -0.4 is 4.74 Å². The third kappa shape index (κ3) is 3.71. The Morgan fingerprint density at radius 1 is 1.44 bits per heavy atom. The van der Waals surface area contributed by atoms with Crippen LogP contribution in [0.2, 0.25) is 0 Å². The zero-order valence-corrected chi connectivity index (χ0v) is 12.4. The molecular formula is C13H15IO4. The first-order valence-corrected chi connectivity index (χ1v) is 6.68. The molecule has 0 saturated heterocycles. The highest BCUT2D eigenvalue weighted by molar-refractivity contribution is 14.1. The summed E-state index contributed by atoms with van der Waals surface area (Å²) in [6.45, 7) is 2.00. The standard InChI is InChI=1S/C13H15IO4/c1-3-18-13(16)11(8-14)12(15)9-4-6-10(17-2)7-5-9/h4-8,12,15H,3H2,1-2H3/b11-8-/t12-/m0/s1. The third-order valence-corrected chi connectivity index (χ3v) is 3.03. The lowest BCUT2D eigenvalue weighted by Gasteiger charge is -2.14. The number of rotatable bonds is 5. The van der Waals surface area contributed by atoms with E-state index in [0.717, 1.165) is 0 Å². The molecule has 1 N–H and O–H groups in total. The molecule has 0 radical (unpaired) electrons. The second kappa shape index (κ2) is 7.38. The molecule has 1 aromatic carbocycles. The summed E-state index contributed by atoms with van der Waals surface area (Å²) in [6, 6.07) is 6.88. The molecule has 0 spiro atoms. The first-order chi connectivity index (χ1) is 8.63. The van der Waals surface area contributed by atoms with E-state index in [-0.39, 0.29) is 12.2 Å². The maximum Gasteiger partial charge on any atom is 0.337 e. The Bertz CT molecular complexity index is 425. The first kappa shape index (κ1) is 15.0. The van der Waals surface area contributed by atoms with Crippen LogP contribution in [-0.4, -0.2) is 24.8 Å². The fourth-order valence-corrected chi connectivity index (χ4v) is 1.99. The number of benzene rings is 1. The van der Waals surface area contributed by atoms with Crippen molar-refractivity contribution >= 4 is 28.6 Å². The van der Waals surface area contributed by atoms with E-state index in [9.17, 15) is 9.90 Å². The molecule has 1 rings (SSSR count). The van der Waals surface area contributed by atoms with Gasteiger partial charge in [-0.3, -0.25) is 0 Å². The van der Waals surface area contributed by atoms with Crippen LogP contribution in [0, 0.1) is 0 Å². The summed E-state index contributed by atoms with van der Waals surface area (Å²) in [7, 11) is 1.57. The minimum atomic E-state index is -0.994. The van der Waals surface area contributed by atoms with E-state index in [0.29, 0.717) is 11.3 Å². The topological polar surface area (TPSA) is 55.8 Å². The van der Waals surface area contributed by atoms with Gasteiger partial charge in [-0.1, -0.05) is 34.7 Å². The minimum absolute atomic E-state index is 0.225. The maximum atomic E-state index is 11.6. The SMILES string of the molecule is CCOC(=O)/C(=C\I)[C@@H](O)c1ccc(OC)cc1. The van der Waals surface area contributed by atoms with Gasteiger partial charge in [0.15, 0.2) is 0 Å². The maximum absolute atomic E-state index is 11.6. The summed E-state index contributed by atoms with van der Waals surface area (Å²) in [4.78, 5) is 11.6. The van der Waals surface area contributed by atoms with Crippen molar-refractivity contribution in [1.29, 1.82) is 0 Å². The highest BCUT2D eigenvalue weighted by Gasteiger charge is 2.21. The normalized spacial score (nSPS) is 13.0. The van der Waals surface area contributed by atoms with Crippen molar-refractivity contribution in [3.8, 4) is 5.75 Å². The second-order valence-corrected chi connectivity index (χ2v) is 4.08. The molecule has 4 nitrogen and oxygen atoms in total. The lowest BCUT2D eigenvalue weighted by Crippen LogP contribution is -2.14. The van der Waals surface area contributed by atoms with E-state index >= 15 is 0 Å². The molecule has 1 atom stereocenters. The molecule has 0 unspecified atom stereocenters. The predicted octanol–water partition coefficient (Wildman–Crippen LogP) is 2.61. The molecule has 0 amide bonds.